The van der Waals surface area contributed by atoms with Crippen molar-refractivity contribution in [3.63, 3.8) is 0 Å². The SMILES string of the molecule is COc1cc(CNc2ccc(S(N)(=O)=O)cc2)cc(Br)c1OCc1ccccc1C. The van der Waals surface area contributed by atoms with Gasteiger partial charge in [0.05, 0.1) is 16.5 Å². The van der Waals surface area contributed by atoms with E-state index in [2.05, 4.69) is 34.2 Å². The van der Waals surface area contributed by atoms with Crippen LogP contribution < -0.4 is 19.9 Å². The molecule has 3 N–H and O–H groups in total. The van der Waals surface area contributed by atoms with Crippen LogP contribution in [0.15, 0.2) is 70.0 Å². The van der Waals surface area contributed by atoms with Crippen LogP contribution in [-0.2, 0) is 23.2 Å². The number of nitrogens with one attached hydrogen (secondary N) is 1. The van der Waals surface area contributed by atoms with Gasteiger partial charge in [-0.05, 0) is 75.9 Å². The van der Waals surface area contributed by atoms with E-state index in [0.717, 1.165) is 21.3 Å². The molecular weight excluding hydrogens is 468 g/mol. The zero-order valence-electron chi connectivity index (χ0n) is 16.7. The Kier molecular flexibility index (Phi) is 7.02. The second kappa shape index (κ2) is 9.51. The van der Waals surface area contributed by atoms with Gasteiger partial charge in [0.15, 0.2) is 11.5 Å². The lowest BCUT2D eigenvalue weighted by molar-refractivity contribution is 0.282. The molecule has 0 aliphatic rings. The predicted octanol–water partition coefficient (Wildman–Crippen LogP) is 4.60. The van der Waals surface area contributed by atoms with Crippen LogP contribution in [0.3, 0.4) is 0 Å². The number of hydrogen-bond donors (Lipinski definition) is 2. The smallest absolute Gasteiger partial charge is 0.238 e. The van der Waals surface area contributed by atoms with Gasteiger partial charge in [0, 0.05) is 12.2 Å². The highest BCUT2D eigenvalue weighted by Crippen LogP contribution is 2.37. The number of hydrogen-bond acceptors (Lipinski definition) is 5. The number of sulfonamides is 1. The molecule has 0 saturated carbocycles. The summed E-state index contributed by atoms with van der Waals surface area (Å²) in [5.41, 5.74) is 4.02. The highest BCUT2D eigenvalue weighted by molar-refractivity contribution is 9.10. The lowest BCUT2D eigenvalue weighted by atomic mass is 10.1. The molecule has 0 spiro atoms. The molecule has 3 aromatic carbocycles. The van der Waals surface area contributed by atoms with Gasteiger partial charge in [0.2, 0.25) is 10.0 Å². The van der Waals surface area contributed by atoms with E-state index in [1.807, 2.05) is 30.3 Å². The summed E-state index contributed by atoms with van der Waals surface area (Å²) in [6, 6.07) is 18.2. The summed E-state index contributed by atoms with van der Waals surface area (Å²) in [4.78, 5) is 0.0765. The Hall–Kier alpha value is -2.55. The van der Waals surface area contributed by atoms with Crippen LogP contribution in [0.2, 0.25) is 0 Å². The van der Waals surface area contributed by atoms with Gasteiger partial charge < -0.3 is 14.8 Å². The van der Waals surface area contributed by atoms with Crippen LogP contribution in [0.1, 0.15) is 16.7 Å². The average molecular weight is 491 g/mol. The van der Waals surface area contributed by atoms with Gasteiger partial charge in [-0.25, -0.2) is 13.6 Å². The van der Waals surface area contributed by atoms with Crippen LogP contribution in [0, 0.1) is 6.92 Å². The van der Waals surface area contributed by atoms with E-state index in [1.165, 1.54) is 17.7 Å². The summed E-state index contributed by atoms with van der Waals surface area (Å²) in [6.45, 7) is 3.01. The number of methoxy groups -OCH3 is 1. The predicted molar refractivity (Wildman–Crippen MR) is 121 cm³/mol. The van der Waals surface area contributed by atoms with Crippen molar-refractivity contribution in [2.75, 3.05) is 12.4 Å². The molecule has 0 unspecified atom stereocenters. The van der Waals surface area contributed by atoms with Crippen molar-refractivity contribution in [3.05, 3.63) is 81.8 Å². The molecule has 6 nitrogen and oxygen atoms in total. The Morgan fingerprint density at radius 3 is 2.40 bits per heavy atom. The molecular formula is C22H23BrN2O4S. The Balaban J connectivity index is 1.71. The zero-order valence-corrected chi connectivity index (χ0v) is 19.1. The largest absolute Gasteiger partial charge is 0.493 e. The molecule has 3 rings (SSSR count). The first-order valence-corrected chi connectivity index (χ1v) is 11.5. The van der Waals surface area contributed by atoms with E-state index in [9.17, 15) is 8.42 Å². The second-order valence-electron chi connectivity index (χ2n) is 6.75. The quantitative estimate of drug-likeness (QED) is 0.481. The van der Waals surface area contributed by atoms with Crippen LogP contribution in [0.25, 0.3) is 0 Å². The molecule has 0 bridgehead atoms. The minimum atomic E-state index is -3.70. The molecule has 0 amide bonds. The fourth-order valence-corrected chi connectivity index (χ4v) is 4.02. The van der Waals surface area contributed by atoms with Gasteiger partial charge in [-0.3, -0.25) is 0 Å². The summed E-state index contributed by atoms with van der Waals surface area (Å²) >= 11 is 3.58. The maximum Gasteiger partial charge on any atom is 0.238 e. The maximum atomic E-state index is 11.4. The van der Waals surface area contributed by atoms with E-state index in [4.69, 9.17) is 14.6 Å². The van der Waals surface area contributed by atoms with E-state index in [1.54, 1.807) is 19.2 Å². The molecule has 0 aromatic heterocycles. The number of benzene rings is 3. The summed E-state index contributed by atoms with van der Waals surface area (Å²) in [5.74, 6) is 1.27. The first-order valence-electron chi connectivity index (χ1n) is 9.18. The lowest BCUT2D eigenvalue weighted by Gasteiger charge is -2.16. The number of aryl methyl sites for hydroxylation is 1. The van der Waals surface area contributed by atoms with E-state index < -0.39 is 10.0 Å². The second-order valence-corrected chi connectivity index (χ2v) is 9.16. The molecule has 0 heterocycles. The Morgan fingerprint density at radius 1 is 1.07 bits per heavy atom. The van der Waals surface area contributed by atoms with Crippen molar-refractivity contribution in [2.45, 2.75) is 25.0 Å². The van der Waals surface area contributed by atoms with Crippen molar-refractivity contribution < 1.29 is 17.9 Å². The normalized spacial score (nSPS) is 11.2. The summed E-state index contributed by atoms with van der Waals surface area (Å²) in [5, 5.41) is 8.38. The minimum Gasteiger partial charge on any atom is -0.493 e. The molecule has 0 radical (unpaired) electrons. The molecule has 8 heteroatoms. The third-order valence-corrected chi connectivity index (χ3v) is 6.12. The number of halogens is 1. The fourth-order valence-electron chi connectivity index (χ4n) is 2.90. The minimum absolute atomic E-state index is 0.0765. The molecule has 158 valence electrons. The standard InChI is InChI=1S/C22H23BrN2O4S/c1-15-5-3-4-6-17(15)14-29-22-20(23)11-16(12-21(22)28-2)13-25-18-7-9-19(10-8-18)30(24,26)27/h3-12,25H,13-14H2,1-2H3,(H2,24,26,27). The first-order chi connectivity index (χ1) is 14.3. The number of ether oxygens (including phenoxy) is 2. The fraction of sp³-hybridized carbons (Fsp3) is 0.182. The van der Waals surface area contributed by atoms with Gasteiger partial charge in [-0.15, -0.1) is 0 Å². The van der Waals surface area contributed by atoms with Crippen molar-refractivity contribution in [1.82, 2.24) is 0 Å². The number of anilines is 1. The van der Waals surface area contributed by atoms with Crippen LogP contribution >= 0.6 is 15.9 Å². The molecule has 0 saturated heterocycles. The molecule has 30 heavy (non-hydrogen) atoms. The zero-order chi connectivity index (χ0) is 21.7. The highest BCUT2D eigenvalue weighted by atomic mass is 79.9. The van der Waals surface area contributed by atoms with Crippen LogP contribution in [0.5, 0.6) is 11.5 Å². The molecule has 0 aliphatic heterocycles. The summed E-state index contributed by atoms with van der Waals surface area (Å²) in [6.07, 6.45) is 0. The average Bonchev–Trinajstić information content (AvgIpc) is 2.72. The lowest BCUT2D eigenvalue weighted by Crippen LogP contribution is -2.12. The van der Waals surface area contributed by atoms with Crippen LogP contribution in [0.4, 0.5) is 5.69 Å². The maximum absolute atomic E-state index is 11.4. The number of nitrogens with two attached hydrogens (primary N) is 1. The van der Waals surface area contributed by atoms with Crippen molar-refractivity contribution in [3.8, 4) is 11.5 Å². The third-order valence-electron chi connectivity index (χ3n) is 4.60. The van der Waals surface area contributed by atoms with E-state index >= 15 is 0 Å². The molecule has 0 fully saturated rings. The molecule has 3 aromatic rings. The van der Waals surface area contributed by atoms with Gasteiger partial charge >= 0.3 is 0 Å². The van der Waals surface area contributed by atoms with Crippen LogP contribution in [-0.4, -0.2) is 15.5 Å². The number of primary sulfonamides is 1. The highest BCUT2D eigenvalue weighted by Gasteiger charge is 2.13. The van der Waals surface area contributed by atoms with Crippen molar-refractivity contribution in [2.24, 2.45) is 5.14 Å². The van der Waals surface area contributed by atoms with E-state index in [-0.39, 0.29) is 4.90 Å². The topological polar surface area (TPSA) is 90.6 Å². The first kappa shape index (κ1) is 22.1. The van der Waals surface area contributed by atoms with Gasteiger partial charge in [-0.2, -0.15) is 0 Å². The number of rotatable bonds is 8. The summed E-state index contributed by atoms with van der Waals surface area (Å²) in [7, 11) is -2.10. The molecule has 0 atom stereocenters. The third kappa shape index (κ3) is 5.53. The molecule has 0 aliphatic carbocycles. The van der Waals surface area contributed by atoms with Crippen molar-refractivity contribution in [1.29, 1.82) is 0 Å². The van der Waals surface area contributed by atoms with E-state index in [0.29, 0.717) is 24.7 Å². The van der Waals surface area contributed by atoms with Gasteiger partial charge in [0.1, 0.15) is 6.61 Å². The van der Waals surface area contributed by atoms with Gasteiger partial charge in [-0.1, -0.05) is 24.3 Å². The Labute approximate surface area is 185 Å². The van der Waals surface area contributed by atoms with Gasteiger partial charge in [0.25, 0.3) is 0 Å². The summed E-state index contributed by atoms with van der Waals surface area (Å²) < 4.78 is 35.0. The Bertz CT molecular complexity index is 1130. The Morgan fingerprint density at radius 2 is 1.77 bits per heavy atom. The van der Waals surface area contributed by atoms with Crippen molar-refractivity contribution >= 4 is 31.6 Å². The monoisotopic (exact) mass is 490 g/mol.